The van der Waals surface area contributed by atoms with Gasteiger partial charge >= 0.3 is 0 Å². The minimum absolute atomic E-state index is 0.0644. The van der Waals surface area contributed by atoms with Crippen LogP contribution < -0.4 is 16.3 Å². The fraction of sp³-hybridized carbons (Fsp3) is 0.516. The summed E-state index contributed by atoms with van der Waals surface area (Å²) in [6.07, 6.45) is 9.94. The predicted molar refractivity (Wildman–Crippen MR) is 148 cm³/mol. The molecule has 0 saturated heterocycles. The molecule has 0 amide bonds. The minimum Gasteiger partial charge on any atom is -0.393 e. The minimum atomic E-state index is -0.151. The van der Waals surface area contributed by atoms with E-state index in [0.717, 1.165) is 43.5 Å². The zero-order chi connectivity index (χ0) is 24.8. The molecule has 6 rings (SSSR count). The zero-order valence-electron chi connectivity index (χ0n) is 21.6. The van der Waals surface area contributed by atoms with Crippen molar-refractivity contribution in [2.24, 2.45) is 33.7 Å². The molecule has 0 heterocycles. The number of para-hydroxylation sites is 2. The number of aliphatic hydroxyl groups excluding tert-OH is 1. The third-order valence-corrected chi connectivity index (χ3v) is 10.1. The third kappa shape index (κ3) is 4.06. The van der Waals surface area contributed by atoms with Gasteiger partial charge in [-0.15, -0.1) is 0 Å². The smallest absolute Gasteiger partial charge is 0.0669 e. The highest BCUT2D eigenvalue weighted by molar-refractivity contribution is 5.97. The molecule has 5 nitrogen and oxygen atoms in total. The molecule has 5 heteroatoms. The maximum absolute atomic E-state index is 10.3. The van der Waals surface area contributed by atoms with Gasteiger partial charge in [0, 0.05) is 11.1 Å². The lowest BCUT2D eigenvalue weighted by Gasteiger charge is -2.57. The summed E-state index contributed by atoms with van der Waals surface area (Å²) >= 11 is 0. The summed E-state index contributed by atoms with van der Waals surface area (Å²) in [5, 5.41) is 15.5. The standard InChI is InChI=1S/C31H40N4O/c1-30-17-15-24(36)19-21(30)13-14-25-26(30)16-18-31(2)27(25)20-28(34-32-22-9-5-3-6-10-22)29(31)35-33-23-11-7-4-8-12-23/h3-13,24-28,32-34,36H,14-20H2,1-2H3/b35-29-/t24-,25+,26-,27?,28-,30-,31-/m0/s1. The molecule has 0 spiro atoms. The number of rotatable bonds is 5. The molecular formula is C31H40N4O. The van der Waals surface area contributed by atoms with Gasteiger partial charge in [0.2, 0.25) is 0 Å². The summed E-state index contributed by atoms with van der Waals surface area (Å²) in [7, 11) is 0. The van der Waals surface area contributed by atoms with E-state index in [1.807, 2.05) is 24.3 Å². The Labute approximate surface area is 215 Å². The number of aliphatic hydroxyl groups is 1. The lowest BCUT2D eigenvalue weighted by atomic mass is 9.48. The van der Waals surface area contributed by atoms with E-state index in [0.29, 0.717) is 17.8 Å². The Balaban J connectivity index is 1.30. The highest BCUT2D eigenvalue weighted by Gasteiger charge is 2.60. The fourth-order valence-electron chi connectivity index (χ4n) is 8.14. The van der Waals surface area contributed by atoms with Gasteiger partial charge in [-0.25, -0.2) is 5.43 Å². The maximum atomic E-state index is 10.3. The second-order valence-electron chi connectivity index (χ2n) is 12.0. The Kier molecular flexibility index (Phi) is 6.17. The molecule has 4 N–H and O–H groups in total. The van der Waals surface area contributed by atoms with Crippen LogP contribution in [0.3, 0.4) is 0 Å². The molecule has 1 unspecified atom stereocenters. The van der Waals surface area contributed by atoms with Crippen molar-refractivity contribution in [1.29, 1.82) is 0 Å². The van der Waals surface area contributed by atoms with Crippen LogP contribution in [0.5, 0.6) is 0 Å². The summed E-state index contributed by atoms with van der Waals surface area (Å²) in [5.41, 5.74) is 15.7. The van der Waals surface area contributed by atoms with E-state index in [1.54, 1.807) is 0 Å². The first-order valence-electron chi connectivity index (χ1n) is 13.8. The highest BCUT2D eigenvalue weighted by atomic mass is 16.3. The Morgan fingerprint density at radius 2 is 1.56 bits per heavy atom. The third-order valence-electron chi connectivity index (χ3n) is 10.1. The Bertz CT molecular complexity index is 1130. The number of nitrogens with one attached hydrogen (secondary N) is 3. The van der Waals surface area contributed by atoms with Gasteiger partial charge in [-0.3, -0.25) is 5.43 Å². The number of hydrazine groups is 1. The lowest BCUT2D eigenvalue weighted by Crippen LogP contribution is -2.51. The number of benzene rings is 2. The van der Waals surface area contributed by atoms with Gasteiger partial charge in [0.1, 0.15) is 0 Å². The molecule has 190 valence electrons. The molecule has 4 aliphatic rings. The van der Waals surface area contributed by atoms with E-state index in [4.69, 9.17) is 5.10 Å². The van der Waals surface area contributed by atoms with Gasteiger partial charge in [0.15, 0.2) is 0 Å². The quantitative estimate of drug-likeness (QED) is 0.294. The van der Waals surface area contributed by atoms with Gasteiger partial charge < -0.3 is 10.5 Å². The molecule has 2 aromatic rings. The predicted octanol–water partition coefficient (Wildman–Crippen LogP) is 6.37. The van der Waals surface area contributed by atoms with Crippen LogP contribution in [0.25, 0.3) is 0 Å². The van der Waals surface area contributed by atoms with Crippen LogP contribution in [-0.2, 0) is 0 Å². The van der Waals surface area contributed by atoms with Crippen molar-refractivity contribution in [3.05, 3.63) is 72.3 Å². The van der Waals surface area contributed by atoms with Crippen molar-refractivity contribution >= 4 is 17.1 Å². The van der Waals surface area contributed by atoms with E-state index >= 15 is 0 Å². The largest absolute Gasteiger partial charge is 0.393 e. The molecule has 36 heavy (non-hydrogen) atoms. The van der Waals surface area contributed by atoms with Crippen LogP contribution >= 0.6 is 0 Å². The number of allylic oxidation sites excluding steroid dienone is 1. The molecular weight excluding hydrogens is 444 g/mol. The monoisotopic (exact) mass is 484 g/mol. The number of hydrogen-bond donors (Lipinski definition) is 4. The molecule has 4 aliphatic carbocycles. The molecule has 0 radical (unpaired) electrons. The van der Waals surface area contributed by atoms with Crippen molar-refractivity contribution in [3.63, 3.8) is 0 Å². The van der Waals surface area contributed by atoms with E-state index in [2.05, 4.69) is 72.6 Å². The topological polar surface area (TPSA) is 68.7 Å². The van der Waals surface area contributed by atoms with Gasteiger partial charge in [-0.1, -0.05) is 61.9 Å². The zero-order valence-corrected chi connectivity index (χ0v) is 21.6. The maximum Gasteiger partial charge on any atom is 0.0669 e. The molecule has 0 aromatic heterocycles. The number of fused-ring (bicyclic) bond motifs is 5. The van der Waals surface area contributed by atoms with Crippen molar-refractivity contribution in [1.82, 2.24) is 5.43 Å². The Hall–Kier alpha value is -2.63. The van der Waals surface area contributed by atoms with Gasteiger partial charge in [-0.05, 0) is 92.4 Å². The van der Waals surface area contributed by atoms with Gasteiger partial charge in [0.05, 0.1) is 23.5 Å². The van der Waals surface area contributed by atoms with Crippen LogP contribution in [-0.4, -0.2) is 23.0 Å². The average Bonchev–Trinajstić information content (AvgIpc) is 3.19. The van der Waals surface area contributed by atoms with Crippen LogP contribution in [0.4, 0.5) is 11.4 Å². The first-order chi connectivity index (χ1) is 17.5. The van der Waals surface area contributed by atoms with Crippen molar-refractivity contribution < 1.29 is 5.11 Å². The van der Waals surface area contributed by atoms with Crippen molar-refractivity contribution in [3.8, 4) is 0 Å². The average molecular weight is 485 g/mol. The van der Waals surface area contributed by atoms with Crippen molar-refractivity contribution in [2.45, 2.75) is 70.9 Å². The van der Waals surface area contributed by atoms with Crippen LogP contribution in [0.1, 0.15) is 58.8 Å². The van der Waals surface area contributed by atoms with Crippen LogP contribution in [0.15, 0.2) is 77.4 Å². The normalized spacial score (nSPS) is 38.5. The summed E-state index contributed by atoms with van der Waals surface area (Å²) in [6, 6.07) is 20.8. The Morgan fingerprint density at radius 3 is 2.31 bits per heavy atom. The van der Waals surface area contributed by atoms with Crippen molar-refractivity contribution in [2.75, 3.05) is 10.9 Å². The number of hydrazone groups is 1. The SMILES string of the molecule is C[C@]12CC[C@H](O)CC1=CC[C@H]1C3C[C@H](NNc4ccccc4)/C(=N/Nc4ccccc4)[C@@]3(C)CC[C@@H]12. The van der Waals surface area contributed by atoms with E-state index < -0.39 is 0 Å². The molecule has 7 atom stereocenters. The summed E-state index contributed by atoms with van der Waals surface area (Å²) in [4.78, 5) is 0. The van der Waals surface area contributed by atoms with Gasteiger partial charge in [-0.2, -0.15) is 5.10 Å². The number of hydrogen-bond acceptors (Lipinski definition) is 5. The van der Waals surface area contributed by atoms with E-state index in [9.17, 15) is 5.11 Å². The summed E-state index contributed by atoms with van der Waals surface area (Å²) < 4.78 is 0. The molecule has 2 aromatic carbocycles. The molecule has 3 fully saturated rings. The molecule has 0 aliphatic heterocycles. The van der Waals surface area contributed by atoms with Gasteiger partial charge in [0.25, 0.3) is 0 Å². The summed E-state index contributed by atoms with van der Waals surface area (Å²) in [5.74, 6) is 1.95. The molecule has 3 saturated carbocycles. The first-order valence-corrected chi connectivity index (χ1v) is 13.8. The second-order valence-corrected chi connectivity index (χ2v) is 12.0. The number of anilines is 2. The Morgan fingerprint density at radius 1 is 0.861 bits per heavy atom. The summed E-state index contributed by atoms with van der Waals surface area (Å²) in [6.45, 7) is 4.97. The number of nitrogens with zero attached hydrogens (tertiary/aromatic N) is 1. The fourth-order valence-corrected chi connectivity index (χ4v) is 8.14. The van der Waals surface area contributed by atoms with Crippen LogP contribution in [0.2, 0.25) is 0 Å². The lowest BCUT2D eigenvalue weighted by molar-refractivity contribution is -0.0214. The molecule has 0 bridgehead atoms. The first kappa shape index (κ1) is 23.7. The highest BCUT2D eigenvalue weighted by Crippen LogP contribution is 2.64. The second kappa shape index (κ2) is 9.35. The van der Waals surface area contributed by atoms with E-state index in [1.165, 1.54) is 24.1 Å². The van der Waals surface area contributed by atoms with Crippen LogP contribution in [0, 0.1) is 28.6 Å². The van der Waals surface area contributed by atoms with E-state index in [-0.39, 0.29) is 23.0 Å².